The summed E-state index contributed by atoms with van der Waals surface area (Å²) in [6.45, 7) is 12.8. The molecule has 1 atom stereocenters. The maximum absolute atomic E-state index is 9.94. The Morgan fingerprint density at radius 2 is 2.06 bits per heavy atom. The molecule has 0 spiro atoms. The normalized spacial score (nSPS) is 13.2. The summed E-state index contributed by atoms with van der Waals surface area (Å²) in [4.78, 5) is 2.24. The first-order valence-electron chi connectivity index (χ1n) is 6.13. The molecule has 100 valence electrons. The van der Waals surface area contributed by atoms with E-state index in [0.29, 0.717) is 0 Å². The van der Waals surface area contributed by atoms with Gasteiger partial charge in [0.2, 0.25) is 0 Å². The predicted octanol–water partition coefficient (Wildman–Crippen LogP) is 4.29. The zero-order chi connectivity index (χ0) is 13.9. The summed E-state index contributed by atoms with van der Waals surface area (Å²) in [6, 6.07) is 6.02. The zero-order valence-corrected chi connectivity index (χ0v) is 13.2. The van der Waals surface area contributed by atoms with Crippen LogP contribution < -0.4 is 4.90 Å². The van der Waals surface area contributed by atoms with E-state index in [-0.39, 0.29) is 5.54 Å². The van der Waals surface area contributed by atoms with Crippen molar-refractivity contribution in [2.24, 2.45) is 0 Å². The first kappa shape index (κ1) is 15.3. The summed E-state index contributed by atoms with van der Waals surface area (Å²) in [5.74, 6) is 0. The molecule has 0 heterocycles. The van der Waals surface area contributed by atoms with Crippen molar-refractivity contribution in [3.8, 4) is 0 Å². The molecule has 1 aromatic carbocycles. The smallest absolute Gasteiger partial charge is 0.0782 e. The van der Waals surface area contributed by atoms with Gasteiger partial charge >= 0.3 is 0 Å². The lowest BCUT2D eigenvalue weighted by atomic mass is 10.0. The summed E-state index contributed by atoms with van der Waals surface area (Å²) in [5, 5.41) is 9.94. The van der Waals surface area contributed by atoms with Gasteiger partial charge in [0.05, 0.1) is 6.10 Å². The molecule has 1 aromatic rings. The van der Waals surface area contributed by atoms with Gasteiger partial charge in [-0.3, -0.25) is 0 Å². The standard InChI is InChI=1S/C15H22BrNO/c1-6-9-17(15(3,4)5)14-8-7-12(16)10-13(14)11(2)18/h6-8,10-11,18H,1,9H2,2-5H3. The summed E-state index contributed by atoms with van der Waals surface area (Å²) in [5.41, 5.74) is 1.97. The van der Waals surface area contributed by atoms with E-state index in [1.54, 1.807) is 6.92 Å². The van der Waals surface area contributed by atoms with E-state index in [9.17, 15) is 5.11 Å². The molecular weight excluding hydrogens is 290 g/mol. The molecule has 0 saturated heterocycles. The van der Waals surface area contributed by atoms with Crippen LogP contribution in [-0.4, -0.2) is 17.2 Å². The molecule has 1 rings (SSSR count). The fourth-order valence-electron chi connectivity index (χ4n) is 1.97. The van der Waals surface area contributed by atoms with Gasteiger partial charge in [0, 0.05) is 27.8 Å². The molecule has 0 fully saturated rings. The third-order valence-corrected chi connectivity index (χ3v) is 3.35. The van der Waals surface area contributed by atoms with Crippen LogP contribution in [0.4, 0.5) is 5.69 Å². The van der Waals surface area contributed by atoms with E-state index in [2.05, 4.69) is 48.2 Å². The Morgan fingerprint density at radius 1 is 1.44 bits per heavy atom. The second kappa shape index (κ2) is 5.89. The van der Waals surface area contributed by atoms with Gasteiger partial charge in [0.15, 0.2) is 0 Å². The van der Waals surface area contributed by atoms with Crippen molar-refractivity contribution in [1.29, 1.82) is 0 Å². The minimum atomic E-state index is -0.493. The van der Waals surface area contributed by atoms with Crippen LogP contribution in [0.15, 0.2) is 35.3 Å². The van der Waals surface area contributed by atoms with Crippen molar-refractivity contribution in [1.82, 2.24) is 0 Å². The molecule has 1 N–H and O–H groups in total. The number of hydrogen-bond donors (Lipinski definition) is 1. The van der Waals surface area contributed by atoms with Gasteiger partial charge < -0.3 is 10.0 Å². The Kier molecular flexibility index (Phi) is 5.00. The summed E-state index contributed by atoms with van der Waals surface area (Å²) >= 11 is 3.45. The van der Waals surface area contributed by atoms with Crippen LogP contribution in [-0.2, 0) is 0 Å². The third-order valence-electron chi connectivity index (χ3n) is 2.85. The minimum Gasteiger partial charge on any atom is -0.389 e. The Bertz CT molecular complexity index is 421. The Labute approximate surface area is 118 Å². The lowest BCUT2D eigenvalue weighted by molar-refractivity contribution is 0.199. The number of hydrogen-bond acceptors (Lipinski definition) is 2. The molecule has 0 aromatic heterocycles. The van der Waals surface area contributed by atoms with Crippen LogP contribution in [0.2, 0.25) is 0 Å². The van der Waals surface area contributed by atoms with Crippen LogP contribution in [0.1, 0.15) is 39.4 Å². The lowest BCUT2D eigenvalue weighted by Crippen LogP contribution is -2.42. The molecule has 18 heavy (non-hydrogen) atoms. The summed E-state index contributed by atoms with van der Waals surface area (Å²) in [6.07, 6.45) is 1.39. The quantitative estimate of drug-likeness (QED) is 0.838. The SMILES string of the molecule is C=CCN(c1ccc(Br)cc1C(C)O)C(C)(C)C. The predicted molar refractivity (Wildman–Crippen MR) is 82.1 cm³/mol. The highest BCUT2D eigenvalue weighted by molar-refractivity contribution is 9.10. The van der Waals surface area contributed by atoms with Gasteiger partial charge in [-0.05, 0) is 45.9 Å². The van der Waals surface area contributed by atoms with Crippen LogP contribution >= 0.6 is 15.9 Å². The van der Waals surface area contributed by atoms with Gasteiger partial charge in [-0.2, -0.15) is 0 Å². The van der Waals surface area contributed by atoms with Crippen LogP contribution in [0.5, 0.6) is 0 Å². The maximum atomic E-state index is 9.94. The molecular formula is C15H22BrNO. The third kappa shape index (κ3) is 3.59. The van der Waals surface area contributed by atoms with Gasteiger partial charge in [-0.15, -0.1) is 6.58 Å². The second-order valence-corrected chi connectivity index (χ2v) is 6.36. The maximum Gasteiger partial charge on any atom is 0.0782 e. The molecule has 0 bridgehead atoms. The fraction of sp³-hybridized carbons (Fsp3) is 0.467. The van der Waals surface area contributed by atoms with Gasteiger partial charge in [0.25, 0.3) is 0 Å². The van der Waals surface area contributed by atoms with Crippen molar-refractivity contribution in [2.75, 3.05) is 11.4 Å². The van der Waals surface area contributed by atoms with Crippen molar-refractivity contribution in [3.05, 3.63) is 40.9 Å². The second-order valence-electron chi connectivity index (χ2n) is 5.45. The summed E-state index contributed by atoms with van der Waals surface area (Å²) < 4.78 is 0.981. The van der Waals surface area contributed by atoms with Crippen LogP contribution in [0.3, 0.4) is 0 Å². The summed E-state index contributed by atoms with van der Waals surface area (Å²) in [7, 11) is 0. The Hall–Kier alpha value is -0.800. The van der Waals surface area contributed by atoms with Crippen LogP contribution in [0.25, 0.3) is 0 Å². The van der Waals surface area contributed by atoms with Crippen molar-refractivity contribution < 1.29 is 5.11 Å². The molecule has 0 aliphatic heterocycles. The monoisotopic (exact) mass is 311 g/mol. The molecule has 0 aliphatic rings. The number of nitrogens with zero attached hydrogens (tertiary/aromatic N) is 1. The van der Waals surface area contributed by atoms with Crippen molar-refractivity contribution in [3.63, 3.8) is 0 Å². The van der Waals surface area contributed by atoms with Gasteiger partial charge in [-0.25, -0.2) is 0 Å². The van der Waals surface area contributed by atoms with E-state index < -0.39 is 6.10 Å². The Morgan fingerprint density at radius 3 is 2.50 bits per heavy atom. The average Bonchev–Trinajstić information content (AvgIpc) is 2.24. The van der Waals surface area contributed by atoms with E-state index in [1.165, 1.54) is 0 Å². The van der Waals surface area contributed by atoms with Gasteiger partial charge in [-0.1, -0.05) is 22.0 Å². The molecule has 3 heteroatoms. The molecule has 0 amide bonds. The van der Waals surface area contributed by atoms with Crippen LogP contribution in [0, 0.1) is 0 Å². The van der Waals surface area contributed by atoms with E-state index in [1.807, 2.05) is 24.3 Å². The van der Waals surface area contributed by atoms with Crippen molar-refractivity contribution >= 4 is 21.6 Å². The topological polar surface area (TPSA) is 23.5 Å². The highest BCUT2D eigenvalue weighted by Gasteiger charge is 2.23. The number of rotatable bonds is 4. The number of aliphatic hydroxyl groups is 1. The molecule has 0 radical (unpaired) electrons. The fourth-order valence-corrected chi connectivity index (χ4v) is 2.35. The number of anilines is 1. The zero-order valence-electron chi connectivity index (χ0n) is 11.6. The number of benzene rings is 1. The minimum absolute atomic E-state index is 0.0222. The lowest BCUT2D eigenvalue weighted by Gasteiger charge is -2.38. The molecule has 2 nitrogen and oxygen atoms in total. The number of aliphatic hydroxyl groups excluding tert-OH is 1. The molecule has 1 unspecified atom stereocenters. The highest BCUT2D eigenvalue weighted by atomic mass is 79.9. The first-order valence-corrected chi connectivity index (χ1v) is 6.92. The number of halogens is 1. The van der Waals surface area contributed by atoms with E-state index in [4.69, 9.17) is 0 Å². The van der Waals surface area contributed by atoms with Crippen molar-refractivity contribution in [2.45, 2.75) is 39.3 Å². The Balaban J connectivity index is 3.31. The van der Waals surface area contributed by atoms with E-state index in [0.717, 1.165) is 22.3 Å². The van der Waals surface area contributed by atoms with Gasteiger partial charge in [0.1, 0.15) is 0 Å². The molecule has 0 aliphatic carbocycles. The largest absolute Gasteiger partial charge is 0.389 e. The first-order chi connectivity index (χ1) is 8.27. The highest BCUT2D eigenvalue weighted by Crippen LogP contribution is 2.33. The molecule has 0 saturated carbocycles. The average molecular weight is 312 g/mol. The van der Waals surface area contributed by atoms with E-state index >= 15 is 0 Å².